The summed E-state index contributed by atoms with van der Waals surface area (Å²) in [5.74, 6) is -1.11. The Hall–Kier alpha value is -2.47. The lowest BCUT2D eigenvalue weighted by atomic mass is 9.99. The lowest BCUT2D eigenvalue weighted by Crippen LogP contribution is -2.21. The molecule has 2 aromatic rings. The fourth-order valence-corrected chi connectivity index (χ4v) is 2.60. The summed E-state index contributed by atoms with van der Waals surface area (Å²) in [6.45, 7) is 3.39. The van der Waals surface area contributed by atoms with Crippen molar-refractivity contribution in [2.75, 3.05) is 11.9 Å². The van der Waals surface area contributed by atoms with Crippen LogP contribution < -0.4 is 5.32 Å². The Balaban J connectivity index is 1.76. The van der Waals surface area contributed by atoms with Gasteiger partial charge in [-0.25, -0.2) is 0 Å². The van der Waals surface area contributed by atoms with Crippen LogP contribution in [0.25, 0.3) is 0 Å². The molecule has 0 bridgehead atoms. The molecule has 0 aliphatic heterocycles. The van der Waals surface area contributed by atoms with Gasteiger partial charge in [0.25, 0.3) is 5.91 Å². The van der Waals surface area contributed by atoms with Gasteiger partial charge >= 0.3 is 5.97 Å². The zero-order valence-corrected chi connectivity index (χ0v) is 16.3. The van der Waals surface area contributed by atoms with E-state index in [0.717, 1.165) is 15.6 Å². The Morgan fingerprint density at radius 1 is 1.00 bits per heavy atom. The van der Waals surface area contributed by atoms with Crippen LogP contribution in [0.2, 0.25) is 0 Å². The van der Waals surface area contributed by atoms with Gasteiger partial charge in [0.15, 0.2) is 12.4 Å². The highest BCUT2D eigenvalue weighted by molar-refractivity contribution is 9.10. The van der Waals surface area contributed by atoms with E-state index in [9.17, 15) is 14.4 Å². The molecule has 0 fully saturated rings. The molecule has 0 heterocycles. The quantitative estimate of drug-likeness (QED) is 0.540. The second-order valence-corrected chi connectivity index (χ2v) is 6.87. The number of ketones is 1. The molecule has 5 nitrogen and oxygen atoms in total. The van der Waals surface area contributed by atoms with E-state index in [-0.39, 0.29) is 25.2 Å². The third-order valence-electron chi connectivity index (χ3n) is 3.74. The fourth-order valence-electron chi connectivity index (χ4n) is 2.34. The Bertz CT molecular complexity index is 815. The first kappa shape index (κ1) is 19.8. The van der Waals surface area contributed by atoms with Gasteiger partial charge in [-0.1, -0.05) is 33.6 Å². The van der Waals surface area contributed by atoms with Gasteiger partial charge < -0.3 is 10.1 Å². The SMILES string of the molecule is Cc1ccc(C)c(C(=O)CCC(=O)OCC(=O)Nc2ccc(Br)cc2)c1. The molecule has 0 atom stereocenters. The largest absolute Gasteiger partial charge is 0.456 e. The summed E-state index contributed by atoms with van der Waals surface area (Å²) in [7, 11) is 0. The first-order valence-electron chi connectivity index (χ1n) is 8.16. The predicted molar refractivity (Wildman–Crippen MR) is 103 cm³/mol. The van der Waals surface area contributed by atoms with Gasteiger partial charge in [0.05, 0.1) is 6.42 Å². The Labute approximate surface area is 160 Å². The average molecular weight is 418 g/mol. The van der Waals surface area contributed by atoms with Crippen LogP contribution in [-0.2, 0) is 14.3 Å². The lowest BCUT2D eigenvalue weighted by Gasteiger charge is -2.08. The Morgan fingerprint density at radius 2 is 1.69 bits per heavy atom. The molecule has 1 N–H and O–H groups in total. The van der Waals surface area contributed by atoms with Gasteiger partial charge in [-0.3, -0.25) is 14.4 Å². The molecule has 0 aliphatic rings. The van der Waals surface area contributed by atoms with Crippen molar-refractivity contribution in [2.24, 2.45) is 0 Å². The van der Waals surface area contributed by atoms with Gasteiger partial charge in [-0.2, -0.15) is 0 Å². The highest BCUT2D eigenvalue weighted by Gasteiger charge is 2.14. The minimum absolute atomic E-state index is 0.0530. The van der Waals surface area contributed by atoms with E-state index in [1.807, 2.05) is 32.0 Å². The van der Waals surface area contributed by atoms with E-state index in [1.165, 1.54) is 0 Å². The van der Waals surface area contributed by atoms with E-state index < -0.39 is 11.9 Å². The lowest BCUT2D eigenvalue weighted by molar-refractivity contribution is -0.147. The molecule has 0 aromatic heterocycles. The van der Waals surface area contributed by atoms with Crippen LogP contribution in [0, 0.1) is 13.8 Å². The second-order valence-electron chi connectivity index (χ2n) is 5.96. The van der Waals surface area contributed by atoms with Crippen LogP contribution in [0.15, 0.2) is 46.9 Å². The summed E-state index contributed by atoms with van der Waals surface area (Å²) in [4.78, 5) is 35.8. The molecule has 0 saturated heterocycles. The van der Waals surface area contributed by atoms with Crippen molar-refractivity contribution >= 4 is 39.3 Å². The van der Waals surface area contributed by atoms with Gasteiger partial charge in [-0.05, 0) is 49.7 Å². The number of ether oxygens (including phenoxy) is 1. The standard InChI is InChI=1S/C20H20BrNO4/c1-13-3-4-14(2)17(11-13)18(23)9-10-20(25)26-12-19(24)22-16-7-5-15(21)6-8-16/h3-8,11H,9-10,12H2,1-2H3,(H,22,24). The molecular formula is C20H20BrNO4. The van der Waals surface area contributed by atoms with Crippen LogP contribution in [-0.4, -0.2) is 24.3 Å². The van der Waals surface area contributed by atoms with E-state index in [0.29, 0.717) is 11.3 Å². The van der Waals surface area contributed by atoms with Crippen molar-refractivity contribution in [3.63, 3.8) is 0 Å². The number of hydrogen-bond donors (Lipinski definition) is 1. The summed E-state index contributed by atoms with van der Waals surface area (Å²) >= 11 is 3.31. The zero-order valence-electron chi connectivity index (χ0n) is 14.7. The number of anilines is 1. The molecule has 2 aromatic carbocycles. The molecule has 0 aliphatic carbocycles. The highest BCUT2D eigenvalue weighted by Crippen LogP contribution is 2.15. The molecule has 2 rings (SSSR count). The number of hydrogen-bond acceptors (Lipinski definition) is 4. The number of benzene rings is 2. The summed E-state index contributed by atoms with van der Waals surface area (Å²) in [5, 5.41) is 2.62. The maximum atomic E-state index is 12.2. The Kier molecular flexibility index (Phi) is 7.09. The molecule has 0 spiro atoms. The summed E-state index contributed by atoms with van der Waals surface area (Å²) in [6, 6.07) is 12.7. The van der Waals surface area contributed by atoms with Crippen LogP contribution in [0.4, 0.5) is 5.69 Å². The number of esters is 1. The van der Waals surface area contributed by atoms with Crippen LogP contribution >= 0.6 is 15.9 Å². The first-order valence-corrected chi connectivity index (χ1v) is 8.96. The third-order valence-corrected chi connectivity index (χ3v) is 4.27. The van der Waals surface area contributed by atoms with E-state index in [1.54, 1.807) is 24.3 Å². The number of Topliss-reactive ketones (excluding diaryl/α,β-unsaturated/α-hetero) is 1. The molecule has 6 heteroatoms. The van der Waals surface area contributed by atoms with Crippen molar-refractivity contribution < 1.29 is 19.1 Å². The summed E-state index contributed by atoms with van der Waals surface area (Å²) in [5.41, 5.74) is 3.10. The van der Waals surface area contributed by atoms with Crippen molar-refractivity contribution in [1.29, 1.82) is 0 Å². The number of halogens is 1. The number of carbonyl (C=O) groups is 3. The predicted octanol–water partition coefficient (Wildman–Crippen LogP) is 4.21. The molecule has 136 valence electrons. The smallest absolute Gasteiger partial charge is 0.306 e. The highest BCUT2D eigenvalue weighted by atomic mass is 79.9. The maximum Gasteiger partial charge on any atom is 0.306 e. The van der Waals surface area contributed by atoms with Crippen molar-refractivity contribution in [2.45, 2.75) is 26.7 Å². The zero-order chi connectivity index (χ0) is 19.1. The van der Waals surface area contributed by atoms with Gasteiger partial charge in [0, 0.05) is 22.1 Å². The number of carbonyl (C=O) groups excluding carboxylic acids is 3. The molecule has 0 radical (unpaired) electrons. The molecule has 0 unspecified atom stereocenters. The normalized spacial score (nSPS) is 10.3. The number of rotatable bonds is 7. The van der Waals surface area contributed by atoms with Gasteiger partial charge in [-0.15, -0.1) is 0 Å². The van der Waals surface area contributed by atoms with E-state index in [4.69, 9.17) is 4.74 Å². The average Bonchev–Trinajstić information content (AvgIpc) is 2.62. The number of nitrogens with one attached hydrogen (secondary N) is 1. The maximum absolute atomic E-state index is 12.2. The second kappa shape index (κ2) is 9.29. The minimum atomic E-state index is -0.574. The van der Waals surface area contributed by atoms with E-state index in [2.05, 4.69) is 21.2 Å². The first-order chi connectivity index (χ1) is 12.3. The minimum Gasteiger partial charge on any atom is -0.456 e. The fraction of sp³-hybridized carbons (Fsp3) is 0.250. The molecule has 0 saturated carbocycles. The van der Waals surface area contributed by atoms with Crippen LogP contribution in [0.3, 0.4) is 0 Å². The van der Waals surface area contributed by atoms with E-state index >= 15 is 0 Å². The van der Waals surface area contributed by atoms with Crippen molar-refractivity contribution in [3.8, 4) is 0 Å². The summed E-state index contributed by atoms with van der Waals surface area (Å²) in [6.07, 6.45) is -0.00473. The van der Waals surface area contributed by atoms with Crippen LogP contribution in [0.5, 0.6) is 0 Å². The topological polar surface area (TPSA) is 72.5 Å². The molecule has 1 amide bonds. The molecule has 26 heavy (non-hydrogen) atoms. The van der Waals surface area contributed by atoms with Gasteiger partial charge in [0.2, 0.25) is 0 Å². The van der Waals surface area contributed by atoms with Crippen molar-refractivity contribution in [1.82, 2.24) is 0 Å². The van der Waals surface area contributed by atoms with Crippen molar-refractivity contribution in [3.05, 3.63) is 63.6 Å². The summed E-state index contributed by atoms with van der Waals surface area (Å²) < 4.78 is 5.83. The monoisotopic (exact) mass is 417 g/mol. The van der Waals surface area contributed by atoms with Gasteiger partial charge in [0.1, 0.15) is 0 Å². The number of amides is 1. The Morgan fingerprint density at radius 3 is 2.38 bits per heavy atom. The number of aryl methyl sites for hydroxylation is 2. The van der Waals surface area contributed by atoms with Crippen LogP contribution in [0.1, 0.15) is 34.3 Å². The third kappa shape index (κ3) is 6.11. The molecular weight excluding hydrogens is 398 g/mol.